The van der Waals surface area contributed by atoms with Gasteiger partial charge in [0.05, 0.1) is 17.9 Å². The van der Waals surface area contributed by atoms with Crippen molar-refractivity contribution >= 4 is 43.2 Å². The van der Waals surface area contributed by atoms with Crippen molar-refractivity contribution in [2.45, 2.75) is 13.5 Å². The number of fused-ring (bicyclic) bond motifs is 1. The molecule has 0 aliphatic rings. The van der Waals surface area contributed by atoms with E-state index in [1.54, 1.807) is 0 Å². The van der Waals surface area contributed by atoms with Gasteiger partial charge in [0.15, 0.2) is 0 Å². The maximum Gasteiger partial charge on any atom is 0.137 e. The lowest BCUT2D eigenvalue weighted by Crippen LogP contribution is -2.04. The Kier molecular flexibility index (Phi) is 3.81. The lowest BCUT2D eigenvalue weighted by molar-refractivity contribution is 0.986. The van der Waals surface area contributed by atoms with Crippen molar-refractivity contribution in [2.75, 3.05) is 5.32 Å². The Hall–Kier alpha value is -1.33. The predicted molar refractivity (Wildman–Crippen MR) is 89.1 cm³/mol. The number of aromatic nitrogens is 2. The van der Waals surface area contributed by atoms with E-state index in [9.17, 15) is 0 Å². The molecule has 102 valence electrons. The predicted octanol–water partition coefficient (Wildman–Crippen LogP) is 4.78. The topological polar surface area (TPSA) is 29.3 Å². The van der Waals surface area contributed by atoms with Gasteiger partial charge in [0, 0.05) is 20.8 Å². The van der Waals surface area contributed by atoms with Crippen molar-refractivity contribution in [1.29, 1.82) is 0 Å². The average Bonchev–Trinajstić information content (AvgIpc) is 2.74. The van der Waals surface area contributed by atoms with Crippen LogP contribution in [0.15, 0.2) is 51.5 Å². The number of hydrogen-bond donors (Lipinski definition) is 1. The molecule has 1 aromatic carbocycles. The first kappa shape index (κ1) is 13.6. The first-order valence-corrected chi connectivity index (χ1v) is 7.85. The Morgan fingerprint density at radius 3 is 2.85 bits per heavy atom. The van der Waals surface area contributed by atoms with Gasteiger partial charge in [-0.1, -0.05) is 22.0 Å². The lowest BCUT2D eigenvalue weighted by Gasteiger charge is -2.09. The number of imidazole rings is 1. The number of aryl methyl sites for hydroxylation is 1. The quantitative estimate of drug-likeness (QED) is 0.692. The van der Waals surface area contributed by atoms with Gasteiger partial charge in [-0.15, -0.1) is 0 Å². The molecule has 0 saturated heterocycles. The number of rotatable bonds is 3. The van der Waals surface area contributed by atoms with Gasteiger partial charge in [0.25, 0.3) is 0 Å². The van der Waals surface area contributed by atoms with Crippen LogP contribution in [0.1, 0.15) is 11.4 Å². The largest absolute Gasteiger partial charge is 0.378 e. The molecule has 2 heterocycles. The number of nitrogens with one attached hydrogen (secondary N) is 1. The Bertz CT molecular complexity index is 765. The SMILES string of the molecule is Cc1nc2ccccn2c1CNc1ccc(Br)cc1Br. The summed E-state index contributed by atoms with van der Waals surface area (Å²) in [5.41, 5.74) is 4.28. The molecule has 0 bridgehead atoms. The zero-order chi connectivity index (χ0) is 14.1. The Labute approximate surface area is 134 Å². The second-order valence-electron chi connectivity index (χ2n) is 4.55. The molecule has 2 aromatic heterocycles. The highest BCUT2D eigenvalue weighted by Crippen LogP contribution is 2.26. The van der Waals surface area contributed by atoms with Crippen LogP contribution < -0.4 is 5.32 Å². The number of nitrogens with zero attached hydrogens (tertiary/aromatic N) is 2. The van der Waals surface area contributed by atoms with Gasteiger partial charge in [-0.05, 0) is 53.2 Å². The van der Waals surface area contributed by atoms with Crippen LogP contribution in [0.5, 0.6) is 0 Å². The van der Waals surface area contributed by atoms with Crippen LogP contribution in [0.3, 0.4) is 0 Å². The van der Waals surface area contributed by atoms with Gasteiger partial charge in [-0.2, -0.15) is 0 Å². The molecule has 0 aliphatic carbocycles. The smallest absolute Gasteiger partial charge is 0.137 e. The minimum Gasteiger partial charge on any atom is -0.378 e. The van der Waals surface area contributed by atoms with E-state index < -0.39 is 0 Å². The van der Waals surface area contributed by atoms with E-state index in [4.69, 9.17) is 0 Å². The van der Waals surface area contributed by atoms with Gasteiger partial charge in [0.2, 0.25) is 0 Å². The molecule has 0 unspecified atom stereocenters. The molecule has 3 nitrogen and oxygen atoms in total. The minimum atomic E-state index is 0.733. The molecule has 3 aromatic rings. The van der Waals surface area contributed by atoms with E-state index in [-0.39, 0.29) is 0 Å². The van der Waals surface area contributed by atoms with E-state index in [2.05, 4.69) is 46.6 Å². The number of anilines is 1. The monoisotopic (exact) mass is 393 g/mol. The van der Waals surface area contributed by atoms with Crippen LogP contribution in [0.2, 0.25) is 0 Å². The van der Waals surface area contributed by atoms with Crippen molar-refractivity contribution in [1.82, 2.24) is 9.38 Å². The van der Waals surface area contributed by atoms with Crippen molar-refractivity contribution in [3.05, 3.63) is 62.9 Å². The van der Waals surface area contributed by atoms with Crippen molar-refractivity contribution in [3.8, 4) is 0 Å². The molecule has 0 amide bonds. The Balaban J connectivity index is 1.88. The third-order valence-electron chi connectivity index (χ3n) is 3.21. The van der Waals surface area contributed by atoms with Crippen LogP contribution in [-0.4, -0.2) is 9.38 Å². The molecule has 0 atom stereocenters. The normalized spacial score (nSPS) is 10.9. The number of benzene rings is 1. The van der Waals surface area contributed by atoms with Crippen molar-refractivity contribution in [2.24, 2.45) is 0 Å². The van der Waals surface area contributed by atoms with Gasteiger partial charge in [-0.25, -0.2) is 4.98 Å². The maximum absolute atomic E-state index is 4.57. The third-order valence-corrected chi connectivity index (χ3v) is 4.36. The van der Waals surface area contributed by atoms with E-state index in [0.717, 1.165) is 32.5 Å². The summed E-state index contributed by atoms with van der Waals surface area (Å²) in [6.07, 6.45) is 2.04. The summed E-state index contributed by atoms with van der Waals surface area (Å²) in [5, 5.41) is 3.45. The molecular formula is C15H13Br2N3. The van der Waals surface area contributed by atoms with Crippen molar-refractivity contribution in [3.63, 3.8) is 0 Å². The second kappa shape index (κ2) is 5.58. The molecular weight excluding hydrogens is 382 g/mol. The first-order valence-electron chi connectivity index (χ1n) is 6.26. The zero-order valence-electron chi connectivity index (χ0n) is 10.9. The zero-order valence-corrected chi connectivity index (χ0v) is 14.1. The summed E-state index contributed by atoms with van der Waals surface area (Å²) in [6.45, 7) is 2.78. The molecule has 0 fully saturated rings. The molecule has 0 aliphatic heterocycles. The minimum absolute atomic E-state index is 0.733. The highest BCUT2D eigenvalue weighted by Gasteiger charge is 2.08. The van der Waals surface area contributed by atoms with Crippen LogP contribution in [0.4, 0.5) is 5.69 Å². The highest BCUT2D eigenvalue weighted by atomic mass is 79.9. The molecule has 5 heteroatoms. The average molecular weight is 395 g/mol. The molecule has 0 radical (unpaired) electrons. The fourth-order valence-corrected chi connectivity index (χ4v) is 3.38. The van der Waals surface area contributed by atoms with Gasteiger partial charge < -0.3 is 9.72 Å². The number of halogens is 2. The molecule has 0 spiro atoms. The Morgan fingerprint density at radius 2 is 2.05 bits per heavy atom. The maximum atomic E-state index is 4.57. The number of pyridine rings is 1. The van der Waals surface area contributed by atoms with Crippen molar-refractivity contribution < 1.29 is 0 Å². The summed E-state index contributed by atoms with van der Waals surface area (Å²) in [7, 11) is 0. The van der Waals surface area contributed by atoms with E-state index in [1.165, 1.54) is 5.69 Å². The van der Waals surface area contributed by atoms with Gasteiger partial charge in [-0.3, -0.25) is 0 Å². The first-order chi connectivity index (χ1) is 9.65. The summed E-state index contributed by atoms with van der Waals surface area (Å²) < 4.78 is 4.22. The van der Waals surface area contributed by atoms with Crippen LogP contribution in [-0.2, 0) is 6.54 Å². The van der Waals surface area contributed by atoms with Crippen LogP contribution in [0, 0.1) is 6.92 Å². The van der Waals surface area contributed by atoms with Gasteiger partial charge >= 0.3 is 0 Å². The third kappa shape index (κ3) is 2.60. The molecule has 0 saturated carbocycles. The lowest BCUT2D eigenvalue weighted by atomic mass is 10.3. The van der Waals surface area contributed by atoms with Crippen LogP contribution >= 0.6 is 31.9 Å². The summed E-state index contributed by atoms with van der Waals surface area (Å²) >= 11 is 7.02. The molecule has 20 heavy (non-hydrogen) atoms. The fourth-order valence-electron chi connectivity index (χ4n) is 2.19. The number of hydrogen-bond acceptors (Lipinski definition) is 2. The standard InChI is InChI=1S/C15H13Br2N3/c1-10-14(20-7-3-2-4-15(20)19-10)9-18-13-6-5-11(16)8-12(13)17/h2-8,18H,9H2,1H3. The summed E-state index contributed by atoms with van der Waals surface area (Å²) in [5.74, 6) is 0. The summed E-state index contributed by atoms with van der Waals surface area (Å²) in [6, 6.07) is 12.1. The van der Waals surface area contributed by atoms with Gasteiger partial charge in [0.1, 0.15) is 5.65 Å². The van der Waals surface area contributed by atoms with E-state index >= 15 is 0 Å². The second-order valence-corrected chi connectivity index (χ2v) is 6.32. The van der Waals surface area contributed by atoms with E-state index in [1.807, 2.05) is 49.5 Å². The van der Waals surface area contributed by atoms with E-state index in [0.29, 0.717) is 0 Å². The molecule has 3 rings (SSSR count). The summed E-state index contributed by atoms with van der Waals surface area (Å²) in [4.78, 5) is 4.57. The van der Waals surface area contributed by atoms with Crippen LogP contribution in [0.25, 0.3) is 5.65 Å². The highest BCUT2D eigenvalue weighted by molar-refractivity contribution is 9.11. The molecule has 1 N–H and O–H groups in total. The fraction of sp³-hybridized carbons (Fsp3) is 0.133. The Morgan fingerprint density at radius 1 is 1.20 bits per heavy atom.